The molecule has 1 aromatic carbocycles. The van der Waals surface area contributed by atoms with E-state index in [0.717, 1.165) is 0 Å². The summed E-state index contributed by atoms with van der Waals surface area (Å²) in [4.78, 5) is 0. The van der Waals surface area contributed by atoms with Gasteiger partial charge >= 0.3 is 0 Å². The molecule has 0 amide bonds. The topological polar surface area (TPSA) is 23.8 Å². The van der Waals surface area contributed by atoms with Crippen LogP contribution in [0.4, 0.5) is 4.39 Å². The Kier molecular flexibility index (Phi) is 3.20. The Labute approximate surface area is 60.7 Å². The van der Waals surface area contributed by atoms with Crippen molar-refractivity contribution in [1.29, 1.82) is 5.26 Å². The monoisotopic (exact) mass is 132 g/mol. The zero-order chi connectivity index (χ0) is 6.69. The first-order valence-corrected chi connectivity index (χ1v) is 2.49. The summed E-state index contributed by atoms with van der Waals surface area (Å²) >= 11 is 0. The minimum atomic E-state index is -0.458. The number of benzene rings is 1. The second-order valence-electron chi connectivity index (χ2n) is 1.59. The van der Waals surface area contributed by atoms with Crippen LogP contribution in [0.5, 0.6) is 0 Å². The molecule has 0 spiro atoms. The van der Waals surface area contributed by atoms with Crippen LogP contribution in [-0.2, 0) is 0 Å². The third-order valence-corrected chi connectivity index (χ3v) is 0.994. The van der Waals surface area contributed by atoms with Crippen LogP contribution in [0.2, 0.25) is 0 Å². The Hall–Kier alpha value is -1.30. The van der Waals surface area contributed by atoms with E-state index in [0.29, 0.717) is 0 Å². The normalized spacial score (nSPS) is 7.60. The Morgan fingerprint density at radius 2 is 1.90 bits per heavy atom. The SMILES string of the molecule is N#Cc1ccccc1F.[B]. The molecule has 3 heteroatoms. The second kappa shape index (κ2) is 3.68. The second-order valence-corrected chi connectivity index (χ2v) is 1.59. The minimum absolute atomic E-state index is 0. The van der Waals surface area contributed by atoms with E-state index < -0.39 is 5.82 Å². The summed E-state index contributed by atoms with van der Waals surface area (Å²) in [7, 11) is 0. The molecule has 0 fully saturated rings. The van der Waals surface area contributed by atoms with Gasteiger partial charge in [0, 0.05) is 8.41 Å². The van der Waals surface area contributed by atoms with E-state index in [2.05, 4.69) is 0 Å². The van der Waals surface area contributed by atoms with E-state index in [1.165, 1.54) is 12.1 Å². The minimum Gasteiger partial charge on any atom is -0.206 e. The number of nitrogens with zero attached hydrogens (tertiary/aromatic N) is 1. The molecule has 0 saturated heterocycles. The lowest BCUT2D eigenvalue weighted by molar-refractivity contribution is 0.624. The summed E-state index contributed by atoms with van der Waals surface area (Å²) in [6.07, 6.45) is 0. The van der Waals surface area contributed by atoms with Crippen molar-refractivity contribution in [1.82, 2.24) is 0 Å². The van der Waals surface area contributed by atoms with Gasteiger partial charge in [-0.3, -0.25) is 0 Å². The van der Waals surface area contributed by atoms with E-state index >= 15 is 0 Å². The molecule has 0 bridgehead atoms. The maximum absolute atomic E-state index is 12.4. The summed E-state index contributed by atoms with van der Waals surface area (Å²) in [6.45, 7) is 0. The third-order valence-electron chi connectivity index (χ3n) is 0.994. The lowest BCUT2D eigenvalue weighted by atomic mass is 10.2. The van der Waals surface area contributed by atoms with Crippen molar-refractivity contribution in [3.8, 4) is 6.07 Å². The predicted molar refractivity (Wildman–Crippen MR) is 36.9 cm³/mol. The zero-order valence-electron chi connectivity index (χ0n) is 5.21. The third kappa shape index (κ3) is 1.59. The molecule has 0 heterocycles. The fraction of sp³-hybridized carbons (Fsp3) is 0. The predicted octanol–water partition coefficient (Wildman–Crippen LogP) is 1.32. The Bertz CT molecular complexity index is 254. The van der Waals surface area contributed by atoms with Gasteiger partial charge in [-0.05, 0) is 12.1 Å². The standard InChI is InChI=1S/C7H4FN.B/c8-7-4-2-1-3-6(7)5-9;/h1-4H;. The highest BCUT2D eigenvalue weighted by Gasteiger charge is 1.94. The van der Waals surface area contributed by atoms with Crippen molar-refractivity contribution in [3.05, 3.63) is 35.6 Å². The van der Waals surface area contributed by atoms with Crippen LogP contribution in [0.1, 0.15) is 5.56 Å². The Morgan fingerprint density at radius 1 is 1.30 bits per heavy atom. The molecule has 1 rings (SSSR count). The van der Waals surface area contributed by atoms with Crippen LogP contribution in [0, 0.1) is 17.1 Å². The number of hydrogen-bond donors (Lipinski definition) is 0. The van der Waals surface area contributed by atoms with Gasteiger partial charge in [-0.25, -0.2) is 4.39 Å². The van der Waals surface area contributed by atoms with Crippen molar-refractivity contribution >= 4 is 8.41 Å². The number of nitriles is 1. The summed E-state index contributed by atoms with van der Waals surface area (Å²) in [6, 6.07) is 7.60. The maximum Gasteiger partial charge on any atom is 0.140 e. The van der Waals surface area contributed by atoms with E-state index in [1.807, 2.05) is 0 Å². The molecule has 0 aliphatic rings. The van der Waals surface area contributed by atoms with E-state index in [1.54, 1.807) is 18.2 Å². The fourth-order valence-electron chi connectivity index (χ4n) is 0.552. The smallest absolute Gasteiger partial charge is 0.140 e. The van der Waals surface area contributed by atoms with Crippen molar-refractivity contribution in [2.45, 2.75) is 0 Å². The molecule has 47 valence electrons. The number of rotatable bonds is 0. The van der Waals surface area contributed by atoms with Crippen LogP contribution in [0.25, 0.3) is 0 Å². The van der Waals surface area contributed by atoms with Crippen LogP contribution in [-0.4, -0.2) is 8.41 Å². The Morgan fingerprint density at radius 3 is 2.30 bits per heavy atom. The van der Waals surface area contributed by atoms with Gasteiger partial charge in [-0.15, -0.1) is 0 Å². The quantitative estimate of drug-likeness (QED) is 0.488. The van der Waals surface area contributed by atoms with Crippen molar-refractivity contribution in [3.63, 3.8) is 0 Å². The molecular weight excluding hydrogens is 128 g/mol. The average Bonchev–Trinajstić information content (AvgIpc) is 1.89. The van der Waals surface area contributed by atoms with Crippen molar-refractivity contribution in [2.24, 2.45) is 0 Å². The van der Waals surface area contributed by atoms with Gasteiger partial charge in [0.25, 0.3) is 0 Å². The van der Waals surface area contributed by atoms with Crippen LogP contribution >= 0.6 is 0 Å². The molecule has 0 atom stereocenters. The largest absolute Gasteiger partial charge is 0.206 e. The van der Waals surface area contributed by atoms with Gasteiger partial charge in [0.1, 0.15) is 11.9 Å². The molecule has 0 aliphatic heterocycles. The van der Waals surface area contributed by atoms with Gasteiger partial charge in [-0.1, -0.05) is 12.1 Å². The zero-order valence-corrected chi connectivity index (χ0v) is 5.21. The molecule has 1 nitrogen and oxygen atoms in total. The fourth-order valence-corrected chi connectivity index (χ4v) is 0.552. The summed E-state index contributed by atoms with van der Waals surface area (Å²) < 4.78 is 12.4. The number of hydrogen-bond acceptors (Lipinski definition) is 1. The molecule has 0 N–H and O–H groups in total. The Balaban J connectivity index is 0.000000810. The van der Waals surface area contributed by atoms with E-state index in [9.17, 15) is 4.39 Å². The molecule has 10 heavy (non-hydrogen) atoms. The van der Waals surface area contributed by atoms with Gasteiger partial charge in [0.05, 0.1) is 5.56 Å². The maximum atomic E-state index is 12.4. The van der Waals surface area contributed by atoms with Gasteiger partial charge in [0.15, 0.2) is 0 Å². The highest BCUT2D eigenvalue weighted by atomic mass is 19.1. The molecule has 0 unspecified atom stereocenters. The van der Waals surface area contributed by atoms with Crippen LogP contribution in [0.15, 0.2) is 24.3 Å². The first-order valence-electron chi connectivity index (χ1n) is 2.49. The molecule has 3 radical (unpaired) electrons. The highest BCUT2D eigenvalue weighted by Crippen LogP contribution is 2.02. The lowest BCUT2D eigenvalue weighted by Gasteiger charge is -1.86. The molecule has 0 aliphatic carbocycles. The summed E-state index contributed by atoms with van der Waals surface area (Å²) in [5.74, 6) is -0.458. The van der Waals surface area contributed by atoms with Gasteiger partial charge in [0.2, 0.25) is 0 Å². The molecule has 0 aromatic heterocycles. The number of halogens is 1. The van der Waals surface area contributed by atoms with Gasteiger partial charge < -0.3 is 0 Å². The first kappa shape index (κ1) is 8.70. The van der Waals surface area contributed by atoms with Crippen LogP contribution < -0.4 is 0 Å². The van der Waals surface area contributed by atoms with Crippen molar-refractivity contribution in [2.75, 3.05) is 0 Å². The highest BCUT2D eigenvalue weighted by molar-refractivity contribution is 5.75. The van der Waals surface area contributed by atoms with E-state index in [4.69, 9.17) is 5.26 Å². The lowest BCUT2D eigenvalue weighted by Crippen LogP contribution is -1.78. The van der Waals surface area contributed by atoms with Gasteiger partial charge in [-0.2, -0.15) is 5.26 Å². The molecule has 1 aromatic rings. The first-order chi connectivity index (χ1) is 4.34. The summed E-state index contributed by atoms with van der Waals surface area (Å²) in [5.41, 5.74) is 0.0949. The molecular formula is C7H4BFN. The van der Waals surface area contributed by atoms with Crippen molar-refractivity contribution < 1.29 is 4.39 Å². The average molecular weight is 132 g/mol. The van der Waals surface area contributed by atoms with E-state index in [-0.39, 0.29) is 14.0 Å². The summed E-state index contributed by atoms with van der Waals surface area (Å²) in [5, 5.41) is 8.23. The molecule has 0 saturated carbocycles. The van der Waals surface area contributed by atoms with Crippen LogP contribution in [0.3, 0.4) is 0 Å².